The summed E-state index contributed by atoms with van der Waals surface area (Å²) >= 11 is 0. The van der Waals surface area contributed by atoms with Crippen molar-refractivity contribution in [2.45, 2.75) is 61.4 Å². The number of rotatable bonds is 3. The highest BCUT2D eigenvalue weighted by Gasteiger charge is 2.40. The van der Waals surface area contributed by atoms with Crippen LogP contribution in [0.25, 0.3) is 0 Å². The van der Waals surface area contributed by atoms with Gasteiger partial charge in [0.15, 0.2) is 0 Å². The van der Waals surface area contributed by atoms with Gasteiger partial charge < -0.3 is 5.32 Å². The number of amides is 1. The molecular weight excluding hydrogens is 186 g/mol. The first-order valence-electron chi connectivity index (χ1n) is 5.81. The lowest BCUT2D eigenvalue weighted by Gasteiger charge is -2.38. The predicted octanol–water partition coefficient (Wildman–Crippen LogP) is 3.22. The van der Waals surface area contributed by atoms with Crippen molar-refractivity contribution in [2.24, 2.45) is 16.7 Å². The summed E-state index contributed by atoms with van der Waals surface area (Å²) in [6, 6.07) is 0.235. The lowest BCUT2D eigenvalue weighted by molar-refractivity contribution is -0.135. The number of nitrogens with one attached hydrogen (secondary N) is 1. The fourth-order valence-electron chi connectivity index (χ4n) is 0.894. The SMILES string of the molecule is CC(C)[C@@H](C)NC(=O)C(C)(C)C(C)(C)C. The number of hydrogen-bond donors (Lipinski definition) is 1. The van der Waals surface area contributed by atoms with E-state index in [0.717, 1.165) is 0 Å². The second-order valence-electron chi connectivity index (χ2n) is 6.38. The van der Waals surface area contributed by atoms with E-state index in [4.69, 9.17) is 0 Å². The van der Waals surface area contributed by atoms with E-state index < -0.39 is 0 Å². The Hall–Kier alpha value is -0.530. The molecule has 0 bridgehead atoms. The zero-order valence-electron chi connectivity index (χ0n) is 11.6. The predicted molar refractivity (Wildman–Crippen MR) is 65.7 cm³/mol. The van der Waals surface area contributed by atoms with Crippen molar-refractivity contribution in [2.75, 3.05) is 0 Å². The summed E-state index contributed by atoms with van der Waals surface area (Å²) in [5.74, 6) is 0.626. The van der Waals surface area contributed by atoms with Gasteiger partial charge in [-0.15, -0.1) is 0 Å². The van der Waals surface area contributed by atoms with Gasteiger partial charge in [0, 0.05) is 11.5 Å². The van der Waals surface area contributed by atoms with Gasteiger partial charge in [0.25, 0.3) is 0 Å². The van der Waals surface area contributed by atoms with Gasteiger partial charge in [0.05, 0.1) is 0 Å². The molecule has 0 fully saturated rings. The summed E-state index contributed by atoms with van der Waals surface area (Å²) in [6.45, 7) is 16.6. The molecule has 90 valence electrons. The summed E-state index contributed by atoms with van der Waals surface area (Å²) in [4.78, 5) is 12.1. The van der Waals surface area contributed by atoms with Gasteiger partial charge in [-0.25, -0.2) is 0 Å². The lowest BCUT2D eigenvalue weighted by Crippen LogP contribution is -2.49. The Morgan fingerprint density at radius 1 is 1.00 bits per heavy atom. The Balaban J connectivity index is 4.59. The molecule has 0 saturated heterocycles. The van der Waals surface area contributed by atoms with E-state index in [1.165, 1.54) is 0 Å². The van der Waals surface area contributed by atoms with Crippen LogP contribution in [0.2, 0.25) is 0 Å². The molecule has 0 saturated carbocycles. The van der Waals surface area contributed by atoms with Crippen molar-refractivity contribution in [3.8, 4) is 0 Å². The molecule has 0 aromatic rings. The van der Waals surface area contributed by atoms with Crippen LogP contribution in [-0.2, 0) is 4.79 Å². The molecule has 0 rings (SSSR count). The minimum atomic E-state index is -0.337. The van der Waals surface area contributed by atoms with Crippen molar-refractivity contribution in [3.05, 3.63) is 0 Å². The molecule has 2 heteroatoms. The first kappa shape index (κ1) is 14.5. The summed E-state index contributed by atoms with van der Waals surface area (Å²) < 4.78 is 0. The third-order valence-corrected chi connectivity index (χ3v) is 3.80. The Labute approximate surface area is 94.8 Å². The van der Waals surface area contributed by atoms with Crippen molar-refractivity contribution < 1.29 is 4.79 Å². The van der Waals surface area contributed by atoms with E-state index in [9.17, 15) is 4.79 Å². The highest BCUT2D eigenvalue weighted by atomic mass is 16.2. The fourth-order valence-corrected chi connectivity index (χ4v) is 0.894. The highest BCUT2D eigenvalue weighted by Crippen LogP contribution is 2.38. The largest absolute Gasteiger partial charge is 0.353 e. The molecule has 1 atom stereocenters. The first-order valence-corrected chi connectivity index (χ1v) is 5.81. The topological polar surface area (TPSA) is 29.1 Å². The molecule has 0 aromatic heterocycles. The van der Waals surface area contributed by atoms with E-state index >= 15 is 0 Å². The van der Waals surface area contributed by atoms with Crippen molar-refractivity contribution in [1.82, 2.24) is 5.32 Å². The van der Waals surface area contributed by atoms with Gasteiger partial charge in [0.1, 0.15) is 0 Å². The van der Waals surface area contributed by atoms with Crippen LogP contribution in [0.3, 0.4) is 0 Å². The Bertz CT molecular complexity index is 223. The lowest BCUT2D eigenvalue weighted by atomic mass is 9.68. The maximum atomic E-state index is 12.1. The Kier molecular flexibility index (Phi) is 4.38. The third kappa shape index (κ3) is 3.51. The van der Waals surface area contributed by atoms with Crippen LogP contribution in [0.1, 0.15) is 55.4 Å². The van der Waals surface area contributed by atoms with Crippen LogP contribution < -0.4 is 5.32 Å². The van der Waals surface area contributed by atoms with Crippen molar-refractivity contribution >= 4 is 5.91 Å². The Morgan fingerprint density at radius 3 is 1.67 bits per heavy atom. The highest BCUT2D eigenvalue weighted by molar-refractivity contribution is 5.82. The smallest absolute Gasteiger partial charge is 0.226 e. The van der Waals surface area contributed by atoms with E-state index in [0.29, 0.717) is 5.92 Å². The normalized spacial score (nSPS) is 15.3. The average Bonchev–Trinajstić information content (AvgIpc) is 2.01. The molecule has 15 heavy (non-hydrogen) atoms. The maximum absolute atomic E-state index is 12.1. The van der Waals surface area contributed by atoms with Crippen LogP contribution in [0.5, 0.6) is 0 Å². The molecule has 0 spiro atoms. The molecule has 1 N–H and O–H groups in total. The molecule has 0 aromatic carbocycles. The zero-order valence-corrected chi connectivity index (χ0v) is 11.6. The van der Waals surface area contributed by atoms with E-state index in [1.54, 1.807) is 0 Å². The van der Waals surface area contributed by atoms with Crippen molar-refractivity contribution in [1.29, 1.82) is 0 Å². The van der Waals surface area contributed by atoms with Crippen LogP contribution in [0.4, 0.5) is 0 Å². The summed E-state index contributed by atoms with van der Waals surface area (Å²) in [6.07, 6.45) is 0. The molecule has 0 heterocycles. The number of carbonyl (C=O) groups is 1. The maximum Gasteiger partial charge on any atom is 0.226 e. The molecule has 2 nitrogen and oxygen atoms in total. The fraction of sp³-hybridized carbons (Fsp3) is 0.923. The summed E-state index contributed by atoms with van der Waals surface area (Å²) in [5, 5.41) is 3.09. The molecule has 1 amide bonds. The molecule has 0 aliphatic heterocycles. The average molecular weight is 213 g/mol. The first-order chi connectivity index (χ1) is 6.50. The summed E-state index contributed by atoms with van der Waals surface area (Å²) in [7, 11) is 0. The van der Waals surface area contributed by atoms with Gasteiger partial charge >= 0.3 is 0 Å². The zero-order chi connectivity index (χ0) is 12.4. The van der Waals surface area contributed by atoms with Gasteiger partial charge in [-0.3, -0.25) is 4.79 Å². The minimum Gasteiger partial charge on any atom is -0.353 e. The number of carbonyl (C=O) groups excluding carboxylic acids is 1. The molecule has 0 aliphatic rings. The van der Waals surface area contributed by atoms with Crippen LogP contribution in [0, 0.1) is 16.7 Å². The minimum absolute atomic E-state index is 0.0201. The van der Waals surface area contributed by atoms with E-state index in [-0.39, 0.29) is 22.8 Å². The second kappa shape index (κ2) is 4.54. The monoisotopic (exact) mass is 213 g/mol. The summed E-state index contributed by atoms with van der Waals surface area (Å²) in [5.41, 5.74) is -0.357. The molecule has 0 aliphatic carbocycles. The Morgan fingerprint density at radius 2 is 1.40 bits per heavy atom. The van der Waals surface area contributed by atoms with Gasteiger partial charge in [-0.1, -0.05) is 48.5 Å². The van der Waals surface area contributed by atoms with E-state index in [2.05, 4.69) is 46.9 Å². The van der Waals surface area contributed by atoms with E-state index in [1.807, 2.05) is 13.8 Å². The van der Waals surface area contributed by atoms with Crippen LogP contribution in [-0.4, -0.2) is 11.9 Å². The molecule has 0 unspecified atom stereocenters. The molecular formula is C13H27NO. The van der Waals surface area contributed by atoms with Gasteiger partial charge in [0.2, 0.25) is 5.91 Å². The van der Waals surface area contributed by atoms with Crippen molar-refractivity contribution in [3.63, 3.8) is 0 Å². The van der Waals surface area contributed by atoms with Crippen LogP contribution in [0.15, 0.2) is 0 Å². The third-order valence-electron chi connectivity index (χ3n) is 3.80. The van der Waals surface area contributed by atoms with Gasteiger partial charge in [-0.2, -0.15) is 0 Å². The standard InChI is InChI=1S/C13H27NO/c1-9(2)10(3)14-11(15)13(7,8)12(4,5)6/h9-10H,1-8H3,(H,14,15)/t10-/m1/s1. The molecule has 0 radical (unpaired) electrons. The quantitative estimate of drug-likeness (QED) is 0.766. The number of hydrogen-bond acceptors (Lipinski definition) is 1. The van der Waals surface area contributed by atoms with Crippen LogP contribution >= 0.6 is 0 Å². The van der Waals surface area contributed by atoms with Gasteiger partial charge in [-0.05, 0) is 18.3 Å². The second-order valence-corrected chi connectivity index (χ2v) is 6.38.